The van der Waals surface area contributed by atoms with Gasteiger partial charge in [-0.2, -0.15) is 0 Å². The summed E-state index contributed by atoms with van der Waals surface area (Å²) in [6.45, 7) is 4.03. The predicted molar refractivity (Wildman–Crippen MR) is 60.9 cm³/mol. The smallest absolute Gasteiger partial charge is 0.126 e. The maximum atomic E-state index is 5.36. The summed E-state index contributed by atoms with van der Waals surface area (Å²) < 4.78 is 5.36. The number of rotatable bonds is 3. The lowest BCUT2D eigenvalue weighted by atomic mass is 9.93. The molecule has 82 valence electrons. The predicted octanol–water partition coefficient (Wildman–Crippen LogP) is 2.31. The molecule has 1 saturated heterocycles. The molecule has 0 aromatic carbocycles. The molecule has 0 bridgehead atoms. The molecule has 1 N–H and O–H groups in total. The van der Waals surface area contributed by atoms with Crippen molar-refractivity contribution in [2.45, 2.75) is 25.8 Å². The van der Waals surface area contributed by atoms with E-state index in [1.165, 1.54) is 0 Å². The average molecular weight is 206 g/mol. The van der Waals surface area contributed by atoms with E-state index in [9.17, 15) is 0 Å². The fraction of sp³-hybridized carbons (Fsp3) is 0.583. The molecule has 0 spiro atoms. The number of aromatic nitrogens is 1. The molecule has 1 aliphatic heterocycles. The quantitative estimate of drug-likeness (QED) is 0.824. The van der Waals surface area contributed by atoms with Gasteiger partial charge in [0, 0.05) is 25.5 Å². The van der Waals surface area contributed by atoms with E-state index in [1.54, 1.807) is 0 Å². The Labute approximate surface area is 90.9 Å². The Hall–Kier alpha value is -1.09. The molecule has 1 fully saturated rings. The summed E-state index contributed by atoms with van der Waals surface area (Å²) in [4.78, 5) is 4.27. The van der Waals surface area contributed by atoms with E-state index in [4.69, 9.17) is 4.74 Å². The van der Waals surface area contributed by atoms with Crippen LogP contribution >= 0.6 is 0 Å². The summed E-state index contributed by atoms with van der Waals surface area (Å²) in [6.07, 6.45) is 4.13. The SMILES string of the molecule is CC(Nc1ccccn1)C1CCOCC1. The Morgan fingerprint density at radius 1 is 1.40 bits per heavy atom. The highest BCUT2D eigenvalue weighted by Crippen LogP contribution is 2.20. The molecule has 3 heteroatoms. The van der Waals surface area contributed by atoms with Crippen LogP contribution in [0.15, 0.2) is 24.4 Å². The van der Waals surface area contributed by atoms with Crippen LogP contribution in [0.3, 0.4) is 0 Å². The van der Waals surface area contributed by atoms with Crippen LogP contribution in [0.25, 0.3) is 0 Å². The minimum atomic E-state index is 0.476. The van der Waals surface area contributed by atoms with Crippen LogP contribution in [0, 0.1) is 5.92 Å². The number of pyridine rings is 1. The summed E-state index contributed by atoms with van der Waals surface area (Å²) in [5.74, 6) is 1.68. The van der Waals surface area contributed by atoms with E-state index in [0.717, 1.165) is 31.9 Å². The number of hydrogen-bond donors (Lipinski definition) is 1. The van der Waals surface area contributed by atoms with Crippen molar-refractivity contribution in [3.8, 4) is 0 Å². The molecule has 1 unspecified atom stereocenters. The molecule has 2 rings (SSSR count). The van der Waals surface area contributed by atoms with Crippen molar-refractivity contribution in [1.82, 2.24) is 4.98 Å². The van der Waals surface area contributed by atoms with E-state index in [2.05, 4.69) is 17.2 Å². The molecular formula is C12H18N2O. The van der Waals surface area contributed by atoms with Crippen LogP contribution in [-0.4, -0.2) is 24.2 Å². The lowest BCUT2D eigenvalue weighted by Gasteiger charge is -2.28. The Morgan fingerprint density at radius 2 is 2.20 bits per heavy atom. The third-order valence-electron chi connectivity index (χ3n) is 3.01. The van der Waals surface area contributed by atoms with Gasteiger partial charge >= 0.3 is 0 Å². The van der Waals surface area contributed by atoms with Gasteiger partial charge in [0.1, 0.15) is 5.82 Å². The molecule has 1 aromatic rings. The van der Waals surface area contributed by atoms with E-state index in [1.807, 2.05) is 24.4 Å². The van der Waals surface area contributed by atoms with Crippen molar-refractivity contribution in [2.75, 3.05) is 18.5 Å². The standard InChI is InChI=1S/C12H18N2O/c1-10(11-5-8-15-9-6-11)14-12-4-2-3-7-13-12/h2-4,7,10-11H,5-6,8-9H2,1H3,(H,13,14). The van der Waals surface area contributed by atoms with Crippen molar-refractivity contribution < 1.29 is 4.74 Å². The second-order valence-electron chi connectivity index (χ2n) is 4.10. The largest absolute Gasteiger partial charge is 0.381 e. The molecule has 0 saturated carbocycles. The molecule has 0 radical (unpaired) electrons. The number of hydrogen-bond acceptors (Lipinski definition) is 3. The van der Waals surface area contributed by atoms with Gasteiger partial charge < -0.3 is 10.1 Å². The van der Waals surface area contributed by atoms with Crippen molar-refractivity contribution in [2.24, 2.45) is 5.92 Å². The van der Waals surface area contributed by atoms with Gasteiger partial charge in [0.25, 0.3) is 0 Å². The van der Waals surface area contributed by atoms with E-state index in [-0.39, 0.29) is 0 Å². The normalized spacial score (nSPS) is 19.8. The van der Waals surface area contributed by atoms with Crippen molar-refractivity contribution in [3.63, 3.8) is 0 Å². The third-order valence-corrected chi connectivity index (χ3v) is 3.01. The van der Waals surface area contributed by atoms with Crippen LogP contribution in [0.4, 0.5) is 5.82 Å². The van der Waals surface area contributed by atoms with Gasteiger partial charge in [0.15, 0.2) is 0 Å². The Bertz CT molecular complexity index is 283. The van der Waals surface area contributed by atoms with E-state index < -0.39 is 0 Å². The third kappa shape index (κ3) is 2.93. The second kappa shape index (κ2) is 5.12. The van der Waals surface area contributed by atoms with Gasteiger partial charge in [-0.25, -0.2) is 4.98 Å². The Morgan fingerprint density at radius 3 is 2.87 bits per heavy atom. The molecular weight excluding hydrogens is 188 g/mol. The lowest BCUT2D eigenvalue weighted by Crippen LogP contribution is -2.31. The number of anilines is 1. The second-order valence-corrected chi connectivity index (χ2v) is 4.10. The first-order valence-corrected chi connectivity index (χ1v) is 5.61. The first kappa shape index (κ1) is 10.4. The molecule has 3 nitrogen and oxygen atoms in total. The van der Waals surface area contributed by atoms with Gasteiger partial charge in [0.2, 0.25) is 0 Å². The summed E-state index contributed by atoms with van der Waals surface area (Å²) >= 11 is 0. The minimum Gasteiger partial charge on any atom is -0.381 e. The molecule has 1 aromatic heterocycles. The highest BCUT2D eigenvalue weighted by atomic mass is 16.5. The van der Waals surface area contributed by atoms with Crippen molar-refractivity contribution in [3.05, 3.63) is 24.4 Å². The highest BCUT2D eigenvalue weighted by Gasteiger charge is 2.20. The fourth-order valence-corrected chi connectivity index (χ4v) is 2.02. The number of ether oxygens (including phenoxy) is 1. The van der Waals surface area contributed by atoms with Crippen LogP contribution in [0.5, 0.6) is 0 Å². The zero-order chi connectivity index (χ0) is 10.5. The minimum absolute atomic E-state index is 0.476. The first-order chi connectivity index (χ1) is 7.36. The Balaban J connectivity index is 1.88. The topological polar surface area (TPSA) is 34.2 Å². The van der Waals surface area contributed by atoms with Gasteiger partial charge in [-0.05, 0) is 37.8 Å². The van der Waals surface area contributed by atoms with Crippen molar-refractivity contribution in [1.29, 1.82) is 0 Å². The van der Waals surface area contributed by atoms with Gasteiger partial charge in [0.05, 0.1) is 0 Å². The maximum Gasteiger partial charge on any atom is 0.126 e. The molecule has 15 heavy (non-hydrogen) atoms. The Kier molecular flexibility index (Phi) is 3.56. The summed E-state index contributed by atoms with van der Waals surface area (Å²) in [7, 11) is 0. The summed E-state index contributed by atoms with van der Waals surface area (Å²) in [6, 6.07) is 6.43. The van der Waals surface area contributed by atoms with Crippen LogP contribution in [-0.2, 0) is 4.74 Å². The molecule has 1 atom stereocenters. The van der Waals surface area contributed by atoms with Crippen LogP contribution < -0.4 is 5.32 Å². The van der Waals surface area contributed by atoms with E-state index >= 15 is 0 Å². The van der Waals surface area contributed by atoms with Crippen LogP contribution in [0.2, 0.25) is 0 Å². The molecule has 2 heterocycles. The summed E-state index contributed by atoms with van der Waals surface area (Å²) in [5.41, 5.74) is 0. The fourth-order valence-electron chi connectivity index (χ4n) is 2.02. The van der Waals surface area contributed by atoms with Gasteiger partial charge in [-0.3, -0.25) is 0 Å². The van der Waals surface area contributed by atoms with Crippen molar-refractivity contribution >= 4 is 5.82 Å². The highest BCUT2D eigenvalue weighted by molar-refractivity contribution is 5.34. The molecule has 1 aliphatic rings. The van der Waals surface area contributed by atoms with E-state index in [0.29, 0.717) is 12.0 Å². The summed E-state index contributed by atoms with van der Waals surface area (Å²) in [5, 5.41) is 3.44. The van der Waals surface area contributed by atoms with Crippen LogP contribution in [0.1, 0.15) is 19.8 Å². The lowest BCUT2D eigenvalue weighted by molar-refractivity contribution is 0.0622. The first-order valence-electron chi connectivity index (χ1n) is 5.61. The molecule has 0 aliphatic carbocycles. The molecule has 0 amide bonds. The maximum absolute atomic E-state index is 5.36. The average Bonchev–Trinajstić information content (AvgIpc) is 2.31. The number of nitrogens with zero attached hydrogens (tertiary/aromatic N) is 1. The van der Waals surface area contributed by atoms with Gasteiger partial charge in [-0.15, -0.1) is 0 Å². The number of nitrogens with one attached hydrogen (secondary N) is 1. The monoisotopic (exact) mass is 206 g/mol. The zero-order valence-corrected chi connectivity index (χ0v) is 9.15. The zero-order valence-electron chi connectivity index (χ0n) is 9.15. The van der Waals surface area contributed by atoms with Gasteiger partial charge in [-0.1, -0.05) is 6.07 Å².